The number of carbonyl (C=O) groups is 2. The Hall–Kier alpha value is -1.41. The van der Waals surface area contributed by atoms with Crippen LogP contribution >= 0.6 is 0 Å². The van der Waals surface area contributed by atoms with Crippen LogP contribution in [-0.4, -0.2) is 45.8 Å². The average molecular weight is 279 g/mol. The molecule has 0 aliphatic heterocycles. The lowest BCUT2D eigenvalue weighted by Gasteiger charge is -2.17. The minimum Gasteiger partial charge on any atom is -0.467 e. The van der Waals surface area contributed by atoms with E-state index in [4.69, 9.17) is 0 Å². The molecule has 0 radical (unpaired) electrons. The molecule has 0 saturated carbocycles. The number of hydrogen-bond acceptors (Lipinski definition) is 6. The molecule has 1 amide bonds. The SMILES string of the molecule is C=CC[C@@H](OS(C)(=O)=O)C(=O)NC(C)C(=O)OC. The summed E-state index contributed by atoms with van der Waals surface area (Å²) in [6, 6.07) is -0.891. The highest BCUT2D eigenvalue weighted by atomic mass is 32.2. The zero-order valence-electron chi connectivity index (χ0n) is 10.5. The van der Waals surface area contributed by atoms with Gasteiger partial charge in [-0.2, -0.15) is 8.42 Å². The monoisotopic (exact) mass is 279 g/mol. The lowest BCUT2D eigenvalue weighted by Crippen LogP contribution is -2.45. The van der Waals surface area contributed by atoms with Gasteiger partial charge in [0.1, 0.15) is 6.04 Å². The van der Waals surface area contributed by atoms with Gasteiger partial charge in [0.15, 0.2) is 6.10 Å². The third-order valence-corrected chi connectivity index (χ3v) is 2.46. The van der Waals surface area contributed by atoms with Crippen molar-refractivity contribution in [1.82, 2.24) is 5.32 Å². The fourth-order valence-electron chi connectivity index (χ4n) is 1.09. The Morgan fingerprint density at radius 2 is 2.00 bits per heavy atom. The molecule has 18 heavy (non-hydrogen) atoms. The molecular formula is C10H17NO6S. The largest absolute Gasteiger partial charge is 0.467 e. The maximum absolute atomic E-state index is 11.7. The van der Waals surface area contributed by atoms with Gasteiger partial charge in [0.2, 0.25) is 0 Å². The Labute approximate surface area is 106 Å². The van der Waals surface area contributed by atoms with Crippen LogP contribution in [0.3, 0.4) is 0 Å². The number of amides is 1. The molecule has 8 heteroatoms. The molecule has 0 heterocycles. The van der Waals surface area contributed by atoms with E-state index >= 15 is 0 Å². The topological polar surface area (TPSA) is 98.8 Å². The molecule has 0 aromatic rings. The molecular weight excluding hydrogens is 262 g/mol. The van der Waals surface area contributed by atoms with Crippen LogP contribution < -0.4 is 5.32 Å². The predicted octanol–water partition coefficient (Wildman–Crippen LogP) is -0.415. The zero-order chi connectivity index (χ0) is 14.3. The van der Waals surface area contributed by atoms with Gasteiger partial charge in [-0.3, -0.25) is 8.98 Å². The van der Waals surface area contributed by atoms with Gasteiger partial charge in [0, 0.05) is 6.42 Å². The van der Waals surface area contributed by atoms with Crippen molar-refractivity contribution in [1.29, 1.82) is 0 Å². The van der Waals surface area contributed by atoms with E-state index in [-0.39, 0.29) is 6.42 Å². The number of nitrogens with one attached hydrogen (secondary N) is 1. The first-order valence-electron chi connectivity index (χ1n) is 5.08. The number of rotatable bonds is 7. The van der Waals surface area contributed by atoms with Crippen molar-refractivity contribution in [2.24, 2.45) is 0 Å². The first kappa shape index (κ1) is 16.6. The van der Waals surface area contributed by atoms with E-state index in [0.717, 1.165) is 6.26 Å². The summed E-state index contributed by atoms with van der Waals surface area (Å²) in [6.45, 7) is 4.81. The van der Waals surface area contributed by atoms with Gasteiger partial charge in [0.25, 0.3) is 16.0 Å². The predicted molar refractivity (Wildman–Crippen MR) is 64.2 cm³/mol. The highest BCUT2D eigenvalue weighted by Gasteiger charge is 2.25. The van der Waals surface area contributed by atoms with Crippen molar-refractivity contribution in [3.05, 3.63) is 12.7 Å². The molecule has 0 aromatic carbocycles. The van der Waals surface area contributed by atoms with Gasteiger partial charge in [-0.25, -0.2) is 4.79 Å². The van der Waals surface area contributed by atoms with Gasteiger partial charge in [-0.15, -0.1) is 6.58 Å². The standard InChI is InChI=1S/C10H17NO6S/c1-5-6-8(17-18(4,14)15)9(12)11-7(2)10(13)16-3/h5,7-8H,1,6H2,2-4H3,(H,11,12)/t7?,8-/m1/s1. The molecule has 0 rings (SSSR count). The minimum absolute atomic E-state index is 0.00674. The Kier molecular flexibility index (Phi) is 6.56. The summed E-state index contributed by atoms with van der Waals surface area (Å²) < 4.78 is 30.9. The summed E-state index contributed by atoms with van der Waals surface area (Å²) in [4.78, 5) is 22.8. The van der Waals surface area contributed by atoms with Crippen LogP contribution in [0.2, 0.25) is 0 Å². The molecule has 0 aromatic heterocycles. The number of ether oxygens (including phenoxy) is 1. The molecule has 0 saturated heterocycles. The molecule has 1 N–H and O–H groups in total. The second-order valence-corrected chi connectivity index (χ2v) is 5.17. The van der Waals surface area contributed by atoms with Crippen LogP contribution in [0.15, 0.2) is 12.7 Å². The van der Waals surface area contributed by atoms with E-state index < -0.39 is 34.1 Å². The van der Waals surface area contributed by atoms with Gasteiger partial charge >= 0.3 is 5.97 Å². The number of carbonyl (C=O) groups excluding carboxylic acids is 2. The van der Waals surface area contributed by atoms with Gasteiger partial charge in [0.05, 0.1) is 13.4 Å². The van der Waals surface area contributed by atoms with Gasteiger partial charge in [-0.1, -0.05) is 6.08 Å². The molecule has 0 bridgehead atoms. The summed E-state index contributed by atoms with van der Waals surface area (Å²) in [7, 11) is -2.60. The van der Waals surface area contributed by atoms with Crippen molar-refractivity contribution >= 4 is 22.0 Å². The minimum atomic E-state index is -3.78. The molecule has 0 aliphatic carbocycles. The first-order chi connectivity index (χ1) is 8.21. The molecule has 7 nitrogen and oxygen atoms in total. The maximum Gasteiger partial charge on any atom is 0.328 e. The van der Waals surface area contributed by atoms with E-state index in [1.165, 1.54) is 20.1 Å². The summed E-state index contributed by atoms with van der Waals surface area (Å²) >= 11 is 0. The number of hydrogen-bond donors (Lipinski definition) is 1. The summed E-state index contributed by atoms with van der Waals surface area (Å²) in [6.07, 6.45) is 0.940. The third kappa shape index (κ3) is 6.36. The second-order valence-electron chi connectivity index (χ2n) is 3.57. The zero-order valence-corrected chi connectivity index (χ0v) is 11.3. The summed E-state index contributed by atoms with van der Waals surface area (Å²) in [5.41, 5.74) is 0. The van der Waals surface area contributed by atoms with Crippen LogP contribution in [0, 0.1) is 0 Å². The quantitative estimate of drug-likeness (QED) is 0.386. The molecule has 0 spiro atoms. The van der Waals surface area contributed by atoms with Crippen molar-refractivity contribution in [2.45, 2.75) is 25.5 Å². The lowest BCUT2D eigenvalue weighted by molar-refractivity contribution is -0.145. The number of esters is 1. The smallest absolute Gasteiger partial charge is 0.328 e. The van der Waals surface area contributed by atoms with Crippen LogP contribution in [0.25, 0.3) is 0 Å². The molecule has 2 atom stereocenters. The van der Waals surface area contributed by atoms with Crippen molar-refractivity contribution < 1.29 is 26.9 Å². The van der Waals surface area contributed by atoms with E-state index in [1.54, 1.807) is 0 Å². The Morgan fingerprint density at radius 1 is 1.44 bits per heavy atom. The van der Waals surface area contributed by atoms with Crippen LogP contribution in [-0.2, 0) is 28.6 Å². The van der Waals surface area contributed by atoms with E-state index in [1.807, 2.05) is 0 Å². The van der Waals surface area contributed by atoms with Crippen LogP contribution in [0.1, 0.15) is 13.3 Å². The fourth-order valence-corrected chi connectivity index (χ4v) is 1.68. The van der Waals surface area contributed by atoms with Crippen LogP contribution in [0.5, 0.6) is 0 Å². The van der Waals surface area contributed by atoms with Gasteiger partial charge in [-0.05, 0) is 6.92 Å². The summed E-state index contributed by atoms with van der Waals surface area (Å²) in [5.74, 6) is -1.36. The Bertz CT molecular complexity index is 416. The molecule has 104 valence electrons. The van der Waals surface area contributed by atoms with E-state index in [0.29, 0.717) is 0 Å². The summed E-state index contributed by atoms with van der Waals surface area (Å²) in [5, 5.41) is 2.29. The van der Waals surface area contributed by atoms with Crippen molar-refractivity contribution in [3.63, 3.8) is 0 Å². The fraction of sp³-hybridized carbons (Fsp3) is 0.600. The maximum atomic E-state index is 11.7. The second kappa shape index (κ2) is 7.12. The normalized spacial score (nSPS) is 14.4. The van der Waals surface area contributed by atoms with Gasteiger partial charge < -0.3 is 10.1 Å². The molecule has 0 aliphatic rings. The Morgan fingerprint density at radius 3 is 2.39 bits per heavy atom. The first-order valence-corrected chi connectivity index (χ1v) is 6.90. The Balaban J connectivity index is 4.67. The van der Waals surface area contributed by atoms with Crippen molar-refractivity contribution in [2.75, 3.05) is 13.4 Å². The number of methoxy groups -OCH3 is 1. The highest BCUT2D eigenvalue weighted by molar-refractivity contribution is 7.86. The third-order valence-electron chi connectivity index (χ3n) is 1.88. The van der Waals surface area contributed by atoms with Crippen LogP contribution in [0.4, 0.5) is 0 Å². The highest BCUT2D eigenvalue weighted by Crippen LogP contribution is 2.05. The average Bonchev–Trinajstić information content (AvgIpc) is 2.25. The van der Waals surface area contributed by atoms with E-state index in [2.05, 4.69) is 20.8 Å². The molecule has 1 unspecified atom stereocenters. The lowest BCUT2D eigenvalue weighted by atomic mass is 10.2. The van der Waals surface area contributed by atoms with E-state index in [9.17, 15) is 18.0 Å². The van der Waals surface area contributed by atoms with Crippen molar-refractivity contribution in [3.8, 4) is 0 Å². The molecule has 0 fully saturated rings.